The van der Waals surface area contributed by atoms with Crippen molar-refractivity contribution in [2.45, 2.75) is 57.4 Å². The summed E-state index contributed by atoms with van der Waals surface area (Å²) in [7, 11) is 4.43. The number of hydrogen-bond donors (Lipinski definition) is 0. The summed E-state index contributed by atoms with van der Waals surface area (Å²) in [5.74, 6) is 1.47. The van der Waals surface area contributed by atoms with Crippen LogP contribution >= 0.6 is 0 Å². The highest BCUT2D eigenvalue weighted by atomic mass is 15.2. The van der Waals surface area contributed by atoms with E-state index in [0.29, 0.717) is 5.92 Å². The van der Waals surface area contributed by atoms with Gasteiger partial charge in [-0.25, -0.2) is 0 Å². The molecular weight excluding hydrogens is 256 g/mol. The zero-order valence-corrected chi connectivity index (χ0v) is 14.1. The highest BCUT2D eigenvalue weighted by Gasteiger charge is 2.29. The molecule has 2 heteroatoms. The van der Waals surface area contributed by atoms with Crippen LogP contribution in [-0.4, -0.2) is 38.1 Å². The molecule has 3 rings (SSSR count). The maximum atomic E-state index is 2.64. The normalized spacial score (nSPS) is 20.6. The lowest BCUT2D eigenvalue weighted by molar-refractivity contribution is 0.249. The predicted octanol–water partition coefficient (Wildman–Crippen LogP) is 4.22. The maximum absolute atomic E-state index is 2.64. The van der Waals surface area contributed by atoms with Crippen LogP contribution < -0.4 is 4.90 Å². The Bertz CT molecular complexity index is 480. The summed E-state index contributed by atoms with van der Waals surface area (Å²) in [5.41, 5.74) is 4.66. The van der Waals surface area contributed by atoms with Gasteiger partial charge in [-0.3, -0.25) is 0 Å². The van der Waals surface area contributed by atoms with Crippen molar-refractivity contribution in [1.82, 2.24) is 4.90 Å². The summed E-state index contributed by atoms with van der Waals surface area (Å²) in [6.45, 7) is 7.02. The van der Waals surface area contributed by atoms with Crippen LogP contribution in [0.1, 0.15) is 62.5 Å². The lowest BCUT2D eigenvalue weighted by Gasteiger charge is -2.37. The second kappa shape index (κ2) is 6.00. The Morgan fingerprint density at radius 3 is 2.24 bits per heavy atom. The molecule has 1 saturated heterocycles. The van der Waals surface area contributed by atoms with Gasteiger partial charge in [0.25, 0.3) is 0 Å². The van der Waals surface area contributed by atoms with E-state index in [-0.39, 0.29) is 0 Å². The summed E-state index contributed by atoms with van der Waals surface area (Å²) < 4.78 is 0. The van der Waals surface area contributed by atoms with E-state index in [0.717, 1.165) is 12.0 Å². The highest BCUT2D eigenvalue weighted by Crippen LogP contribution is 2.45. The molecule has 0 unspecified atom stereocenters. The molecule has 2 fully saturated rings. The Kier molecular flexibility index (Phi) is 4.26. The molecule has 0 spiro atoms. The van der Waals surface area contributed by atoms with Gasteiger partial charge < -0.3 is 9.80 Å². The van der Waals surface area contributed by atoms with Crippen LogP contribution in [0.25, 0.3) is 0 Å². The quantitative estimate of drug-likeness (QED) is 0.818. The second-order valence-electron chi connectivity index (χ2n) is 7.43. The van der Waals surface area contributed by atoms with Gasteiger partial charge in [0.15, 0.2) is 0 Å². The maximum Gasteiger partial charge on any atom is 0.0401 e. The number of hydrogen-bond acceptors (Lipinski definition) is 2. The monoisotopic (exact) mass is 286 g/mol. The molecule has 1 saturated carbocycles. The van der Waals surface area contributed by atoms with Gasteiger partial charge in [0.05, 0.1) is 0 Å². The lowest BCUT2D eigenvalue weighted by atomic mass is 9.95. The van der Waals surface area contributed by atoms with Crippen molar-refractivity contribution in [3.05, 3.63) is 29.3 Å². The Morgan fingerprint density at radius 1 is 1.05 bits per heavy atom. The molecule has 1 heterocycles. The first-order valence-corrected chi connectivity index (χ1v) is 8.61. The van der Waals surface area contributed by atoms with Gasteiger partial charge >= 0.3 is 0 Å². The van der Waals surface area contributed by atoms with Crippen LogP contribution in [-0.2, 0) is 0 Å². The van der Waals surface area contributed by atoms with Crippen LogP contribution in [0, 0.1) is 0 Å². The molecule has 0 radical (unpaired) electrons. The molecule has 1 aliphatic carbocycles. The minimum absolute atomic E-state index is 0.635. The predicted molar refractivity (Wildman–Crippen MR) is 91.4 cm³/mol. The summed E-state index contributed by atoms with van der Waals surface area (Å²) in [4.78, 5) is 5.03. The van der Waals surface area contributed by atoms with Crippen molar-refractivity contribution in [3.8, 4) is 0 Å². The third-order valence-electron chi connectivity index (χ3n) is 5.27. The summed E-state index contributed by atoms with van der Waals surface area (Å²) >= 11 is 0. The van der Waals surface area contributed by atoms with E-state index < -0.39 is 0 Å². The highest BCUT2D eigenvalue weighted by molar-refractivity contribution is 5.58. The van der Waals surface area contributed by atoms with E-state index in [9.17, 15) is 0 Å². The minimum Gasteiger partial charge on any atom is -0.371 e. The van der Waals surface area contributed by atoms with Gasteiger partial charge in [-0.2, -0.15) is 0 Å². The SMILES string of the molecule is CC(C)c1ccc(N2CCC(N(C)C)CC2)c(C2CC2)c1. The number of anilines is 1. The van der Waals surface area contributed by atoms with Crippen molar-refractivity contribution >= 4 is 5.69 Å². The molecule has 0 amide bonds. The molecule has 116 valence electrons. The fourth-order valence-corrected chi connectivity index (χ4v) is 3.56. The van der Waals surface area contributed by atoms with Gasteiger partial charge in [-0.05, 0) is 68.8 Å². The number of nitrogens with zero attached hydrogens (tertiary/aromatic N) is 2. The van der Waals surface area contributed by atoms with E-state index in [4.69, 9.17) is 0 Å². The van der Waals surface area contributed by atoms with E-state index in [1.807, 2.05) is 0 Å². The average Bonchev–Trinajstić information content (AvgIpc) is 3.31. The van der Waals surface area contributed by atoms with Gasteiger partial charge in [0, 0.05) is 24.8 Å². The standard InChI is InChI=1S/C19H30N2/c1-14(2)16-7-8-19(18(13-16)15-5-6-15)21-11-9-17(10-12-21)20(3)4/h7-8,13-15,17H,5-6,9-12H2,1-4H3. The Labute approximate surface area is 130 Å². The van der Waals surface area contributed by atoms with Crippen molar-refractivity contribution in [1.29, 1.82) is 0 Å². The topological polar surface area (TPSA) is 6.48 Å². The molecule has 2 nitrogen and oxygen atoms in total. The van der Waals surface area contributed by atoms with Gasteiger partial charge in [-0.15, -0.1) is 0 Å². The molecule has 0 bridgehead atoms. The molecule has 2 aliphatic rings. The Balaban J connectivity index is 1.79. The van der Waals surface area contributed by atoms with E-state index in [1.165, 1.54) is 50.0 Å². The fraction of sp³-hybridized carbons (Fsp3) is 0.684. The first-order chi connectivity index (χ1) is 10.1. The number of benzene rings is 1. The number of piperidine rings is 1. The molecule has 0 N–H and O–H groups in total. The summed E-state index contributed by atoms with van der Waals surface area (Å²) in [6.07, 6.45) is 5.37. The third kappa shape index (κ3) is 3.26. The second-order valence-corrected chi connectivity index (χ2v) is 7.43. The molecular formula is C19H30N2. The van der Waals surface area contributed by atoms with E-state index >= 15 is 0 Å². The largest absolute Gasteiger partial charge is 0.371 e. The van der Waals surface area contributed by atoms with Crippen LogP contribution in [0.3, 0.4) is 0 Å². The first-order valence-electron chi connectivity index (χ1n) is 8.61. The molecule has 1 aromatic rings. The van der Waals surface area contributed by atoms with Crippen molar-refractivity contribution < 1.29 is 0 Å². The van der Waals surface area contributed by atoms with Crippen molar-refractivity contribution in [3.63, 3.8) is 0 Å². The van der Waals surface area contributed by atoms with E-state index in [1.54, 1.807) is 5.56 Å². The third-order valence-corrected chi connectivity index (χ3v) is 5.27. The molecule has 1 aromatic carbocycles. The summed E-state index contributed by atoms with van der Waals surface area (Å²) in [6, 6.07) is 8.01. The first kappa shape index (κ1) is 14.9. The Morgan fingerprint density at radius 2 is 1.71 bits per heavy atom. The zero-order valence-electron chi connectivity index (χ0n) is 14.1. The molecule has 21 heavy (non-hydrogen) atoms. The minimum atomic E-state index is 0.635. The van der Waals surface area contributed by atoms with Crippen LogP contribution in [0.4, 0.5) is 5.69 Å². The molecule has 0 atom stereocenters. The van der Waals surface area contributed by atoms with Crippen LogP contribution in [0.5, 0.6) is 0 Å². The van der Waals surface area contributed by atoms with Gasteiger partial charge in [-0.1, -0.05) is 26.0 Å². The number of rotatable bonds is 4. The van der Waals surface area contributed by atoms with Gasteiger partial charge in [0.2, 0.25) is 0 Å². The average molecular weight is 286 g/mol. The van der Waals surface area contributed by atoms with Crippen LogP contribution in [0.2, 0.25) is 0 Å². The lowest BCUT2D eigenvalue weighted by Crippen LogP contribution is -2.42. The van der Waals surface area contributed by atoms with E-state index in [2.05, 4.69) is 55.9 Å². The fourth-order valence-electron chi connectivity index (χ4n) is 3.56. The van der Waals surface area contributed by atoms with Crippen molar-refractivity contribution in [2.24, 2.45) is 0 Å². The van der Waals surface area contributed by atoms with Gasteiger partial charge in [0.1, 0.15) is 0 Å². The van der Waals surface area contributed by atoms with Crippen LogP contribution in [0.15, 0.2) is 18.2 Å². The Hall–Kier alpha value is -1.02. The molecule has 1 aliphatic heterocycles. The van der Waals surface area contributed by atoms with Crippen molar-refractivity contribution in [2.75, 3.05) is 32.1 Å². The smallest absolute Gasteiger partial charge is 0.0401 e. The molecule has 0 aromatic heterocycles. The summed E-state index contributed by atoms with van der Waals surface area (Å²) in [5, 5.41) is 0. The zero-order chi connectivity index (χ0) is 15.0.